The third kappa shape index (κ3) is 20.5. The van der Waals surface area contributed by atoms with Gasteiger partial charge < -0.3 is 40.3 Å². The smallest absolute Gasteiger partial charge is 0.220 e. The molecular formula is C37H73NO8. The number of carbonyl (C=O) groups is 1. The molecule has 1 saturated heterocycles. The van der Waals surface area contributed by atoms with E-state index in [2.05, 4.69) is 19.2 Å². The van der Waals surface area contributed by atoms with E-state index in [0.29, 0.717) is 12.8 Å². The Labute approximate surface area is 281 Å². The van der Waals surface area contributed by atoms with Gasteiger partial charge in [-0.05, 0) is 12.8 Å². The van der Waals surface area contributed by atoms with Gasteiger partial charge in [-0.25, -0.2) is 0 Å². The van der Waals surface area contributed by atoms with Crippen LogP contribution in [-0.2, 0) is 14.3 Å². The van der Waals surface area contributed by atoms with Crippen LogP contribution in [0, 0.1) is 0 Å². The van der Waals surface area contributed by atoms with Crippen LogP contribution in [0.2, 0.25) is 0 Å². The lowest BCUT2D eigenvalue weighted by molar-refractivity contribution is -0.302. The monoisotopic (exact) mass is 660 g/mol. The predicted molar refractivity (Wildman–Crippen MR) is 184 cm³/mol. The van der Waals surface area contributed by atoms with Gasteiger partial charge in [-0.2, -0.15) is 0 Å². The van der Waals surface area contributed by atoms with Crippen LogP contribution in [0.5, 0.6) is 0 Å². The zero-order chi connectivity index (χ0) is 33.8. The summed E-state index contributed by atoms with van der Waals surface area (Å²) in [5.41, 5.74) is 0. The summed E-state index contributed by atoms with van der Waals surface area (Å²) in [5.74, 6) is -0.148. The highest BCUT2D eigenvalue weighted by Gasteiger charge is 2.44. The fraction of sp³-hybridized carbons (Fsp3) is 0.973. The van der Waals surface area contributed by atoms with Crippen LogP contribution in [0.3, 0.4) is 0 Å². The Hall–Kier alpha value is -0.810. The van der Waals surface area contributed by atoms with Crippen LogP contribution < -0.4 is 5.32 Å². The number of nitrogens with one attached hydrogen (secondary N) is 1. The number of hydrogen-bond acceptors (Lipinski definition) is 8. The average molecular weight is 660 g/mol. The molecule has 0 aromatic carbocycles. The number of aliphatic hydroxyl groups is 5. The molecule has 0 aromatic heterocycles. The van der Waals surface area contributed by atoms with Crippen molar-refractivity contribution in [2.45, 2.75) is 217 Å². The van der Waals surface area contributed by atoms with Gasteiger partial charge in [0, 0.05) is 6.42 Å². The van der Waals surface area contributed by atoms with Crippen molar-refractivity contribution in [1.82, 2.24) is 5.32 Å². The minimum Gasteiger partial charge on any atom is -0.394 e. The van der Waals surface area contributed by atoms with Gasteiger partial charge >= 0.3 is 0 Å². The molecule has 0 bridgehead atoms. The van der Waals surface area contributed by atoms with E-state index in [-0.39, 0.29) is 12.5 Å². The fourth-order valence-corrected chi connectivity index (χ4v) is 6.28. The van der Waals surface area contributed by atoms with E-state index >= 15 is 0 Å². The van der Waals surface area contributed by atoms with E-state index in [9.17, 15) is 30.3 Å². The molecule has 1 amide bonds. The highest BCUT2D eigenvalue weighted by Crippen LogP contribution is 2.23. The molecule has 9 nitrogen and oxygen atoms in total. The van der Waals surface area contributed by atoms with Gasteiger partial charge in [0.1, 0.15) is 24.4 Å². The number of unbranched alkanes of at least 4 members (excludes halogenated alkanes) is 21. The third-order valence-electron chi connectivity index (χ3n) is 9.46. The van der Waals surface area contributed by atoms with Gasteiger partial charge in [-0.1, -0.05) is 155 Å². The third-order valence-corrected chi connectivity index (χ3v) is 9.46. The second-order valence-corrected chi connectivity index (χ2v) is 13.7. The SMILES string of the molecule is CCCCCCCCCCCCCCCC[C@@H](O)[C@H](CO[C@@H]1O[C@H](CO)[C@@H](O)C(O)C1O)NC(=O)CCCCCCCCCCC. The largest absolute Gasteiger partial charge is 0.394 e. The van der Waals surface area contributed by atoms with Crippen molar-refractivity contribution in [2.75, 3.05) is 13.2 Å². The van der Waals surface area contributed by atoms with Crippen LogP contribution in [-0.4, -0.2) is 87.5 Å². The summed E-state index contributed by atoms with van der Waals surface area (Å²) >= 11 is 0. The summed E-state index contributed by atoms with van der Waals surface area (Å²) in [6, 6.07) is -0.708. The molecule has 0 aromatic rings. The van der Waals surface area contributed by atoms with Gasteiger partial charge in [0.15, 0.2) is 6.29 Å². The van der Waals surface area contributed by atoms with Gasteiger partial charge in [0.25, 0.3) is 0 Å². The average Bonchev–Trinajstić information content (AvgIpc) is 3.05. The molecule has 7 atom stereocenters. The molecule has 0 radical (unpaired) electrons. The molecule has 1 rings (SSSR count). The summed E-state index contributed by atoms with van der Waals surface area (Å²) < 4.78 is 11.2. The van der Waals surface area contributed by atoms with Crippen molar-refractivity contribution in [2.24, 2.45) is 0 Å². The second-order valence-electron chi connectivity index (χ2n) is 13.7. The Morgan fingerprint density at radius 3 is 1.54 bits per heavy atom. The molecule has 0 aliphatic carbocycles. The van der Waals surface area contributed by atoms with Crippen molar-refractivity contribution in [1.29, 1.82) is 0 Å². The first-order valence-electron chi connectivity index (χ1n) is 19.2. The van der Waals surface area contributed by atoms with E-state index in [4.69, 9.17) is 9.47 Å². The molecule has 1 heterocycles. The summed E-state index contributed by atoms with van der Waals surface area (Å²) in [6.45, 7) is 3.79. The standard InChI is InChI=1S/C37H73NO8/c1-3-5-7-9-11-13-14-15-16-17-19-20-22-24-26-31(40)30(29-45-37-36(44)35(43)34(42)32(28-39)46-37)38-33(41)27-25-23-21-18-12-10-8-6-4-2/h30-32,34-37,39-40,42-44H,3-29H2,1-2H3,(H,38,41)/t30-,31+,32+,34+,35?,36?,37+/m0/s1. The maximum Gasteiger partial charge on any atom is 0.220 e. The van der Waals surface area contributed by atoms with Crippen molar-refractivity contribution in [3.05, 3.63) is 0 Å². The first-order chi connectivity index (χ1) is 22.3. The Kier molecular flexibility index (Phi) is 27.4. The van der Waals surface area contributed by atoms with Gasteiger partial charge in [-0.15, -0.1) is 0 Å². The van der Waals surface area contributed by atoms with E-state index in [0.717, 1.165) is 38.5 Å². The van der Waals surface area contributed by atoms with Crippen LogP contribution in [0.15, 0.2) is 0 Å². The maximum atomic E-state index is 12.8. The Morgan fingerprint density at radius 2 is 1.09 bits per heavy atom. The van der Waals surface area contributed by atoms with Crippen molar-refractivity contribution in [3.63, 3.8) is 0 Å². The molecule has 9 heteroatoms. The lowest BCUT2D eigenvalue weighted by Crippen LogP contribution is -2.60. The van der Waals surface area contributed by atoms with Crippen molar-refractivity contribution in [3.8, 4) is 0 Å². The second kappa shape index (κ2) is 29.1. The topological polar surface area (TPSA) is 149 Å². The van der Waals surface area contributed by atoms with E-state index in [1.807, 2.05) is 0 Å². The highest BCUT2D eigenvalue weighted by atomic mass is 16.7. The number of hydrogen-bond donors (Lipinski definition) is 6. The Bertz CT molecular complexity index is 696. The lowest BCUT2D eigenvalue weighted by Gasteiger charge is -2.40. The van der Waals surface area contributed by atoms with E-state index < -0.39 is 49.5 Å². The summed E-state index contributed by atoms with van der Waals surface area (Å²) in [6.07, 6.45) is 21.1. The fourth-order valence-electron chi connectivity index (χ4n) is 6.28. The van der Waals surface area contributed by atoms with Crippen LogP contribution in [0.1, 0.15) is 174 Å². The van der Waals surface area contributed by atoms with Gasteiger partial charge in [0.2, 0.25) is 5.91 Å². The summed E-state index contributed by atoms with van der Waals surface area (Å²) in [4.78, 5) is 12.8. The minimum absolute atomic E-state index is 0.133. The highest BCUT2D eigenvalue weighted by molar-refractivity contribution is 5.76. The van der Waals surface area contributed by atoms with Crippen LogP contribution >= 0.6 is 0 Å². The molecule has 1 aliphatic heterocycles. The zero-order valence-corrected chi connectivity index (χ0v) is 29.6. The molecule has 0 spiro atoms. The van der Waals surface area contributed by atoms with Crippen molar-refractivity contribution >= 4 is 5.91 Å². The quantitative estimate of drug-likeness (QED) is 0.0466. The number of carbonyl (C=O) groups excluding carboxylic acids is 1. The van der Waals surface area contributed by atoms with Gasteiger partial charge in [-0.3, -0.25) is 4.79 Å². The van der Waals surface area contributed by atoms with Gasteiger partial charge in [0.05, 0.1) is 25.4 Å². The Balaban J connectivity index is 2.41. The molecular weight excluding hydrogens is 586 g/mol. The number of rotatable bonds is 31. The normalized spacial score (nSPS) is 23.0. The minimum atomic E-state index is -1.55. The molecule has 2 unspecified atom stereocenters. The predicted octanol–water partition coefficient (Wildman–Crippen LogP) is 6.44. The maximum absolute atomic E-state index is 12.8. The van der Waals surface area contributed by atoms with E-state index in [1.165, 1.54) is 109 Å². The lowest BCUT2D eigenvalue weighted by atomic mass is 9.99. The summed E-state index contributed by atoms with van der Waals surface area (Å²) in [5, 5.41) is 54.0. The molecule has 0 saturated carbocycles. The molecule has 1 aliphatic rings. The molecule has 274 valence electrons. The molecule has 46 heavy (non-hydrogen) atoms. The Morgan fingerprint density at radius 1 is 0.652 bits per heavy atom. The molecule has 6 N–H and O–H groups in total. The number of ether oxygens (including phenoxy) is 2. The van der Waals surface area contributed by atoms with Crippen molar-refractivity contribution < 1.29 is 39.8 Å². The zero-order valence-electron chi connectivity index (χ0n) is 29.6. The number of amides is 1. The van der Waals surface area contributed by atoms with Crippen LogP contribution in [0.25, 0.3) is 0 Å². The summed E-state index contributed by atoms with van der Waals surface area (Å²) in [7, 11) is 0. The first-order valence-corrected chi connectivity index (χ1v) is 19.2. The first kappa shape index (κ1) is 43.2. The van der Waals surface area contributed by atoms with Crippen LogP contribution in [0.4, 0.5) is 0 Å². The number of aliphatic hydroxyl groups excluding tert-OH is 5. The molecule has 1 fully saturated rings. The van der Waals surface area contributed by atoms with E-state index in [1.54, 1.807) is 0 Å².